The molecule has 0 aromatic heterocycles. The van der Waals surface area contributed by atoms with Crippen LogP contribution in [0.5, 0.6) is 0 Å². The highest BCUT2D eigenvalue weighted by molar-refractivity contribution is 5.73. The molecule has 2 aliphatic carbocycles. The quantitative estimate of drug-likeness (QED) is 0.353. The zero-order valence-corrected chi connectivity index (χ0v) is 20.9. The van der Waals surface area contributed by atoms with E-state index < -0.39 is 0 Å². The Morgan fingerprint density at radius 2 is 1.30 bits per heavy atom. The van der Waals surface area contributed by atoms with Crippen molar-refractivity contribution in [3.63, 3.8) is 0 Å². The molecule has 0 aliphatic heterocycles. The highest BCUT2D eigenvalue weighted by Gasteiger charge is 2.26. The van der Waals surface area contributed by atoms with Crippen molar-refractivity contribution in [2.75, 3.05) is 0 Å². The van der Waals surface area contributed by atoms with Gasteiger partial charge >= 0.3 is 0 Å². The van der Waals surface area contributed by atoms with Crippen LogP contribution in [-0.2, 0) is 12.8 Å². The number of hydrogen-bond donors (Lipinski definition) is 0. The van der Waals surface area contributed by atoms with Gasteiger partial charge in [0.2, 0.25) is 0 Å². The van der Waals surface area contributed by atoms with Crippen LogP contribution in [0.3, 0.4) is 0 Å². The molecule has 3 rings (SSSR count). The van der Waals surface area contributed by atoms with Gasteiger partial charge in [-0.3, -0.25) is 0 Å². The van der Waals surface area contributed by atoms with E-state index in [-0.39, 0.29) is 0 Å². The molecule has 1 aromatic carbocycles. The van der Waals surface area contributed by atoms with E-state index in [1.165, 1.54) is 43.8 Å². The fourth-order valence-electron chi connectivity index (χ4n) is 3.64. The second kappa shape index (κ2) is 16.3. The SMILES string of the molecule is C#C.C=C(CC)C1Cc2c(c(=C)c3c(c2=C)\C=C/C=C\C(C)=C\3)C1.CC.CC.CC. The van der Waals surface area contributed by atoms with Crippen molar-refractivity contribution < 1.29 is 0 Å². The molecular formula is C30H44. The van der Waals surface area contributed by atoms with Crippen LogP contribution in [0.1, 0.15) is 84.1 Å². The molecule has 2 aliphatic rings. The molecule has 0 bridgehead atoms. The molecule has 0 heterocycles. The zero-order valence-electron chi connectivity index (χ0n) is 20.9. The summed E-state index contributed by atoms with van der Waals surface area (Å²) in [6.45, 7) is 29.4. The normalized spacial score (nSPS) is 18.6. The monoisotopic (exact) mass is 404 g/mol. The molecule has 0 fully saturated rings. The van der Waals surface area contributed by atoms with E-state index in [0.717, 1.165) is 19.3 Å². The molecule has 0 N–H and O–H groups in total. The summed E-state index contributed by atoms with van der Waals surface area (Å²) in [6.07, 6.45) is 21.9. The van der Waals surface area contributed by atoms with Crippen LogP contribution in [0.2, 0.25) is 0 Å². The Morgan fingerprint density at radius 1 is 0.867 bits per heavy atom. The summed E-state index contributed by atoms with van der Waals surface area (Å²) < 4.78 is 0. The molecule has 1 atom stereocenters. The predicted molar refractivity (Wildman–Crippen MR) is 143 cm³/mol. The first-order valence-corrected chi connectivity index (χ1v) is 11.4. The third-order valence-electron chi connectivity index (χ3n) is 5.07. The molecule has 0 spiro atoms. The van der Waals surface area contributed by atoms with Crippen molar-refractivity contribution in [2.24, 2.45) is 5.92 Å². The van der Waals surface area contributed by atoms with Crippen LogP contribution in [0.25, 0.3) is 25.3 Å². The van der Waals surface area contributed by atoms with Gasteiger partial charge in [0, 0.05) is 0 Å². The van der Waals surface area contributed by atoms with Gasteiger partial charge in [0.15, 0.2) is 0 Å². The molecule has 0 saturated carbocycles. The van der Waals surface area contributed by atoms with Gasteiger partial charge in [-0.15, -0.1) is 12.8 Å². The molecular weight excluding hydrogens is 360 g/mol. The van der Waals surface area contributed by atoms with Crippen LogP contribution in [-0.4, -0.2) is 0 Å². The van der Waals surface area contributed by atoms with Gasteiger partial charge in [0.1, 0.15) is 0 Å². The zero-order chi connectivity index (χ0) is 23.9. The largest absolute Gasteiger partial charge is 0.124 e. The van der Waals surface area contributed by atoms with Crippen molar-refractivity contribution in [3.05, 3.63) is 68.6 Å². The second-order valence-corrected chi connectivity index (χ2v) is 6.47. The van der Waals surface area contributed by atoms with Gasteiger partial charge in [-0.05, 0) is 64.8 Å². The maximum atomic E-state index is 4.41. The lowest BCUT2D eigenvalue weighted by molar-refractivity contribution is 0.637. The van der Waals surface area contributed by atoms with Gasteiger partial charge in [-0.25, -0.2) is 0 Å². The minimum Gasteiger partial charge on any atom is -0.124 e. The molecule has 30 heavy (non-hydrogen) atoms. The lowest BCUT2D eigenvalue weighted by Crippen LogP contribution is -2.23. The first kappa shape index (κ1) is 29.7. The molecule has 0 radical (unpaired) electrons. The molecule has 0 amide bonds. The number of rotatable bonds is 2. The number of hydrogen-bond acceptors (Lipinski definition) is 0. The average Bonchev–Trinajstić information content (AvgIpc) is 3.26. The van der Waals surface area contributed by atoms with Gasteiger partial charge in [0.25, 0.3) is 0 Å². The minimum absolute atomic E-state index is 0.557. The fraction of sp³-hybridized carbons (Fsp3) is 0.400. The second-order valence-electron chi connectivity index (χ2n) is 6.47. The third-order valence-corrected chi connectivity index (χ3v) is 5.07. The summed E-state index contributed by atoms with van der Waals surface area (Å²) in [5, 5.41) is 2.36. The lowest BCUT2D eigenvalue weighted by atomic mass is 9.92. The predicted octanol–water partition coefficient (Wildman–Crippen LogP) is 7.50. The molecule has 1 aromatic rings. The van der Waals surface area contributed by atoms with E-state index >= 15 is 0 Å². The highest BCUT2D eigenvalue weighted by atomic mass is 14.3. The van der Waals surface area contributed by atoms with Gasteiger partial charge in [-0.2, -0.15) is 0 Å². The molecule has 164 valence electrons. The Kier molecular flexibility index (Phi) is 16.1. The van der Waals surface area contributed by atoms with E-state index in [2.05, 4.69) is 76.8 Å². The maximum absolute atomic E-state index is 4.41. The maximum Gasteiger partial charge on any atom is -0.0106 e. The van der Waals surface area contributed by atoms with Crippen molar-refractivity contribution in [3.8, 4) is 12.8 Å². The summed E-state index contributed by atoms with van der Waals surface area (Å²) in [5.74, 6) is 0.557. The third kappa shape index (κ3) is 7.07. The topological polar surface area (TPSA) is 0 Å². The standard InChI is InChI=1S/C22H24.3C2H6.C2H2/c1-6-15(3)18-12-21-16(4)19-10-8-7-9-14(2)11-20(19)17(5)22(21)13-18;4*1-2/h7-11,18H,3-6,12-13H2,1-2H3;3*1-2H3;1-2H/b8-7?,9-7-,10-8-,14-9?,14-11+,19-10?,20-11?;;;;. The number of terminal acetylenes is 1. The first-order valence-electron chi connectivity index (χ1n) is 11.4. The molecule has 1 unspecified atom stereocenters. The molecule has 0 nitrogen and oxygen atoms in total. The van der Waals surface area contributed by atoms with Crippen molar-refractivity contribution in [1.29, 1.82) is 0 Å². The van der Waals surface area contributed by atoms with Crippen molar-refractivity contribution >= 4 is 25.3 Å². The summed E-state index contributed by atoms with van der Waals surface area (Å²) in [6, 6.07) is 0. The Morgan fingerprint density at radius 3 is 1.77 bits per heavy atom. The summed E-state index contributed by atoms with van der Waals surface area (Å²) in [7, 11) is 0. The Hall–Kier alpha value is -2.52. The van der Waals surface area contributed by atoms with E-state index in [9.17, 15) is 0 Å². The first-order chi connectivity index (χ1) is 14.5. The Balaban J connectivity index is 0. The Labute approximate surface area is 187 Å². The molecule has 0 heteroatoms. The van der Waals surface area contributed by atoms with E-state index in [0.29, 0.717) is 5.92 Å². The van der Waals surface area contributed by atoms with Gasteiger partial charge in [0.05, 0.1) is 0 Å². The van der Waals surface area contributed by atoms with Gasteiger partial charge in [-0.1, -0.05) is 110 Å². The fourth-order valence-corrected chi connectivity index (χ4v) is 3.64. The van der Waals surface area contributed by atoms with Crippen LogP contribution >= 0.6 is 0 Å². The lowest BCUT2D eigenvalue weighted by Gasteiger charge is -2.12. The summed E-state index contributed by atoms with van der Waals surface area (Å²) >= 11 is 0. The molecule has 0 saturated heterocycles. The van der Waals surface area contributed by atoms with Crippen LogP contribution in [0.15, 0.2) is 36.0 Å². The van der Waals surface area contributed by atoms with Gasteiger partial charge < -0.3 is 0 Å². The Bertz CT molecular complexity index is 869. The summed E-state index contributed by atoms with van der Waals surface area (Å²) in [5.41, 5.74) is 7.89. The number of fused-ring (bicyclic) bond motifs is 2. The average molecular weight is 405 g/mol. The van der Waals surface area contributed by atoms with E-state index in [4.69, 9.17) is 0 Å². The van der Waals surface area contributed by atoms with Crippen LogP contribution in [0.4, 0.5) is 0 Å². The minimum atomic E-state index is 0.557. The summed E-state index contributed by atoms with van der Waals surface area (Å²) in [4.78, 5) is 0. The van der Waals surface area contributed by atoms with Crippen molar-refractivity contribution in [1.82, 2.24) is 0 Å². The highest BCUT2D eigenvalue weighted by Crippen LogP contribution is 2.30. The van der Waals surface area contributed by atoms with E-state index in [1.54, 1.807) is 0 Å². The van der Waals surface area contributed by atoms with E-state index in [1.807, 2.05) is 41.5 Å². The number of allylic oxidation sites excluding steroid dienone is 5. The van der Waals surface area contributed by atoms with Crippen molar-refractivity contribution in [2.45, 2.75) is 74.7 Å². The number of benzene rings is 1. The smallest absolute Gasteiger partial charge is 0.0106 e. The van der Waals surface area contributed by atoms with Crippen LogP contribution in [0, 0.1) is 18.8 Å². The van der Waals surface area contributed by atoms with Crippen LogP contribution < -0.4 is 10.4 Å².